The topological polar surface area (TPSA) is 64.1 Å². The Hall–Kier alpha value is -1.21. The predicted octanol–water partition coefficient (Wildman–Crippen LogP) is 1.45. The summed E-state index contributed by atoms with van der Waals surface area (Å²) in [4.78, 5) is 7.29. The van der Waals surface area contributed by atoms with Gasteiger partial charge in [-0.25, -0.2) is 4.98 Å². The molecule has 0 saturated carbocycles. The van der Waals surface area contributed by atoms with E-state index in [1.165, 1.54) is 13.5 Å². The second kappa shape index (κ2) is 6.59. The third-order valence-electron chi connectivity index (χ3n) is 5.50. The van der Waals surface area contributed by atoms with Gasteiger partial charge in [0.2, 0.25) is 0 Å². The van der Waals surface area contributed by atoms with E-state index < -0.39 is 6.29 Å². The first-order chi connectivity index (χ1) is 11.7. The number of hydrogen-bond donors (Lipinski definition) is 1. The van der Waals surface area contributed by atoms with Gasteiger partial charge in [0, 0.05) is 43.3 Å². The Labute approximate surface area is 142 Å². The lowest BCUT2D eigenvalue weighted by molar-refractivity contribution is -0.117. The van der Waals surface area contributed by atoms with Crippen molar-refractivity contribution in [1.29, 1.82) is 0 Å². The number of aliphatic hydroxyl groups is 1. The number of ether oxygens (including phenoxy) is 3. The molecule has 0 aromatic carbocycles. The molecule has 0 bridgehead atoms. The van der Waals surface area contributed by atoms with E-state index in [1.54, 1.807) is 0 Å². The zero-order valence-corrected chi connectivity index (χ0v) is 14.3. The van der Waals surface area contributed by atoms with Crippen LogP contribution >= 0.6 is 0 Å². The molecule has 1 aromatic rings. The molecule has 1 N–H and O–H groups in total. The van der Waals surface area contributed by atoms with Crippen LogP contribution in [-0.4, -0.2) is 56.7 Å². The van der Waals surface area contributed by atoms with E-state index in [-0.39, 0.29) is 0 Å². The molecule has 1 aromatic heterocycles. The summed E-state index contributed by atoms with van der Waals surface area (Å²) in [5, 5.41) is 10.3. The minimum Gasteiger partial charge on any atom is -0.381 e. The molecular formula is C18H26N2O4. The number of methoxy groups -OCH3 is 1. The van der Waals surface area contributed by atoms with Gasteiger partial charge < -0.3 is 24.2 Å². The van der Waals surface area contributed by atoms with E-state index in [1.807, 2.05) is 6.07 Å². The number of rotatable bonds is 3. The van der Waals surface area contributed by atoms with Crippen LogP contribution in [0.1, 0.15) is 36.0 Å². The van der Waals surface area contributed by atoms with Crippen LogP contribution in [-0.2, 0) is 27.1 Å². The van der Waals surface area contributed by atoms with Crippen LogP contribution in [0.5, 0.6) is 0 Å². The average molecular weight is 334 g/mol. The highest BCUT2D eigenvalue weighted by Crippen LogP contribution is 2.39. The molecule has 6 nitrogen and oxygen atoms in total. The molecule has 1 unspecified atom stereocenters. The molecule has 3 aliphatic heterocycles. The van der Waals surface area contributed by atoms with Gasteiger partial charge in [-0.3, -0.25) is 0 Å². The molecule has 2 fully saturated rings. The van der Waals surface area contributed by atoms with Crippen molar-refractivity contribution in [3.8, 4) is 0 Å². The monoisotopic (exact) mass is 334 g/mol. The molecular weight excluding hydrogens is 308 g/mol. The average Bonchev–Trinajstić information content (AvgIpc) is 2.84. The first kappa shape index (κ1) is 16.3. The van der Waals surface area contributed by atoms with Crippen molar-refractivity contribution in [2.75, 3.05) is 51.5 Å². The largest absolute Gasteiger partial charge is 0.381 e. The van der Waals surface area contributed by atoms with Crippen LogP contribution in [0.15, 0.2) is 6.07 Å². The van der Waals surface area contributed by atoms with Crippen LogP contribution < -0.4 is 4.90 Å². The molecule has 2 saturated heterocycles. The maximum absolute atomic E-state index is 10.3. The number of nitrogens with zero attached hydrogens (tertiary/aromatic N) is 2. The summed E-state index contributed by atoms with van der Waals surface area (Å²) >= 11 is 0. The summed E-state index contributed by atoms with van der Waals surface area (Å²) in [5.41, 5.74) is 3.27. The number of aromatic nitrogens is 1. The summed E-state index contributed by atoms with van der Waals surface area (Å²) in [6, 6.07) is 2.01. The zero-order valence-electron chi connectivity index (χ0n) is 14.3. The number of anilines is 1. The minimum atomic E-state index is -0.913. The fourth-order valence-corrected chi connectivity index (χ4v) is 4.11. The molecule has 3 aliphatic rings. The zero-order chi connectivity index (χ0) is 16.6. The fourth-order valence-electron chi connectivity index (χ4n) is 4.11. The van der Waals surface area contributed by atoms with Gasteiger partial charge in [-0.15, -0.1) is 0 Å². The van der Waals surface area contributed by atoms with Crippen LogP contribution in [0, 0.1) is 5.41 Å². The number of hydrogen-bond acceptors (Lipinski definition) is 6. The lowest BCUT2D eigenvalue weighted by atomic mass is 9.78. The van der Waals surface area contributed by atoms with E-state index in [2.05, 4.69) is 4.90 Å². The quantitative estimate of drug-likeness (QED) is 0.844. The normalized spacial score (nSPS) is 24.2. The predicted molar refractivity (Wildman–Crippen MR) is 89.1 cm³/mol. The SMILES string of the molecule is COC(O)c1cc(N2CCCC3(COC3)C2)nc2c1CCOCC2. The standard InChI is InChI=1S/C18H26N2O4/c1-22-17(21)14-9-16(19-15-4-8-23-7-3-13(14)15)20-6-2-5-18(10-20)11-24-12-18/h9,17,21H,2-8,10-12H2,1H3. The Morgan fingerprint density at radius 3 is 2.88 bits per heavy atom. The molecule has 0 amide bonds. The van der Waals surface area contributed by atoms with Crippen molar-refractivity contribution in [2.24, 2.45) is 5.41 Å². The smallest absolute Gasteiger partial charge is 0.181 e. The number of fused-ring (bicyclic) bond motifs is 1. The lowest BCUT2D eigenvalue weighted by Crippen LogP contribution is -2.54. The molecule has 4 rings (SSSR count). The Kier molecular flexibility index (Phi) is 4.47. The van der Waals surface area contributed by atoms with Gasteiger partial charge in [-0.05, 0) is 30.9 Å². The first-order valence-electron chi connectivity index (χ1n) is 8.85. The van der Waals surface area contributed by atoms with Crippen LogP contribution in [0.25, 0.3) is 0 Å². The van der Waals surface area contributed by atoms with E-state index in [0.29, 0.717) is 18.6 Å². The number of piperidine rings is 1. The van der Waals surface area contributed by atoms with E-state index in [9.17, 15) is 5.11 Å². The maximum atomic E-state index is 10.3. The summed E-state index contributed by atoms with van der Waals surface area (Å²) in [6.07, 6.45) is 3.04. The van der Waals surface area contributed by atoms with E-state index >= 15 is 0 Å². The van der Waals surface area contributed by atoms with Gasteiger partial charge in [0.05, 0.1) is 26.4 Å². The molecule has 6 heteroatoms. The molecule has 24 heavy (non-hydrogen) atoms. The number of pyridine rings is 1. The van der Waals surface area contributed by atoms with Gasteiger partial charge in [0.1, 0.15) is 5.82 Å². The van der Waals surface area contributed by atoms with Crippen molar-refractivity contribution in [3.05, 3.63) is 22.9 Å². The van der Waals surface area contributed by atoms with Crippen LogP contribution in [0.4, 0.5) is 5.82 Å². The molecule has 1 atom stereocenters. The maximum Gasteiger partial charge on any atom is 0.181 e. The second-order valence-electron chi connectivity index (χ2n) is 7.21. The first-order valence-corrected chi connectivity index (χ1v) is 8.85. The third-order valence-corrected chi connectivity index (χ3v) is 5.50. The Morgan fingerprint density at radius 2 is 2.12 bits per heavy atom. The molecule has 4 heterocycles. The minimum absolute atomic E-state index is 0.301. The fraction of sp³-hybridized carbons (Fsp3) is 0.722. The Bertz CT molecular complexity index is 603. The van der Waals surface area contributed by atoms with Gasteiger partial charge >= 0.3 is 0 Å². The van der Waals surface area contributed by atoms with Crippen molar-refractivity contribution in [1.82, 2.24) is 4.98 Å². The van der Waals surface area contributed by atoms with E-state index in [0.717, 1.165) is 68.2 Å². The lowest BCUT2D eigenvalue weighted by Gasteiger charge is -2.48. The van der Waals surface area contributed by atoms with Crippen molar-refractivity contribution in [2.45, 2.75) is 32.0 Å². The Morgan fingerprint density at radius 1 is 1.29 bits per heavy atom. The molecule has 0 radical (unpaired) electrons. The van der Waals surface area contributed by atoms with Gasteiger partial charge in [0.25, 0.3) is 0 Å². The number of aliphatic hydroxyl groups excluding tert-OH is 1. The van der Waals surface area contributed by atoms with E-state index in [4.69, 9.17) is 19.2 Å². The van der Waals surface area contributed by atoms with Crippen molar-refractivity contribution < 1.29 is 19.3 Å². The highest BCUT2D eigenvalue weighted by molar-refractivity contribution is 5.48. The summed E-state index contributed by atoms with van der Waals surface area (Å²) in [5.74, 6) is 0.952. The van der Waals surface area contributed by atoms with Gasteiger partial charge in [-0.2, -0.15) is 0 Å². The Balaban J connectivity index is 1.68. The highest BCUT2D eigenvalue weighted by atomic mass is 16.6. The van der Waals surface area contributed by atoms with Gasteiger partial charge in [0.15, 0.2) is 6.29 Å². The van der Waals surface area contributed by atoms with Crippen LogP contribution in [0.2, 0.25) is 0 Å². The summed E-state index contributed by atoms with van der Waals surface area (Å²) in [6.45, 7) is 5.06. The van der Waals surface area contributed by atoms with Crippen LogP contribution in [0.3, 0.4) is 0 Å². The second-order valence-corrected chi connectivity index (χ2v) is 7.21. The van der Waals surface area contributed by atoms with Crippen molar-refractivity contribution in [3.63, 3.8) is 0 Å². The molecule has 1 spiro atoms. The summed E-state index contributed by atoms with van der Waals surface area (Å²) < 4.78 is 16.3. The molecule has 132 valence electrons. The molecule has 0 aliphatic carbocycles. The highest BCUT2D eigenvalue weighted by Gasteiger charge is 2.42. The van der Waals surface area contributed by atoms with Gasteiger partial charge in [-0.1, -0.05) is 0 Å². The third kappa shape index (κ3) is 2.92. The summed E-state index contributed by atoms with van der Waals surface area (Å²) in [7, 11) is 1.53. The van der Waals surface area contributed by atoms with Crippen molar-refractivity contribution >= 4 is 5.82 Å².